The molecule has 1 saturated carbocycles. The first-order valence-electron chi connectivity index (χ1n) is 2.20. The summed E-state index contributed by atoms with van der Waals surface area (Å²) in [5.74, 6) is -0.0540. The average molecular weight is 123 g/mol. The summed E-state index contributed by atoms with van der Waals surface area (Å²) in [6.45, 7) is 0.00926. The van der Waals surface area contributed by atoms with Gasteiger partial charge in [0.15, 0.2) is 0 Å². The number of aliphatic hydroxyl groups excluding tert-OH is 2. The Labute approximate surface area is 46.7 Å². The summed E-state index contributed by atoms with van der Waals surface area (Å²) in [6.07, 6.45) is -0.452. The van der Waals surface area contributed by atoms with E-state index in [0.29, 0.717) is 0 Å². The van der Waals surface area contributed by atoms with Crippen LogP contribution in [-0.4, -0.2) is 28.3 Å². The van der Waals surface area contributed by atoms with Crippen LogP contribution >= 0.6 is 11.6 Å². The SMILES string of the molecule is OC[C@@H]1[C@@H](O)[C@H]1Cl. The van der Waals surface area contributed by atoms with Crippen molar-refractivity contribution in [2.75, 3.05) is 6.61 Å². The molecule has 0 saturated heterocycles. The van der Waals surface area contributed by atoms with Gasteiger partial charge in [0.2, 0.25) is 0 Å². The minimum atomic E-state index is -0.452. The first-order chi connectivity index (χ1) is 3.27. The molecule has 0 aromatic heterocycles. The van der Waals surface area contributed by atoms with Crippen LogP contribution in [0.1, 0.15) is 0 Å². The number of hydrogen-bond acceptors (Lipinski definition) is 2. The van der Waals surface area contributed by atoms with Gasteiger partial charge in [-0.15, -0.1) is 11.6 Å². The van der Waals surface area contributed by atoms with E-state index < -0.39 is 6.10 Å². The van der Waals surface area contributed by atoms with Crippen molar-refractivity contribution in [3.63, 3.8) is 0 Å². The van der Waals surface area contributed by atoms with E-state index in [2.05, 4.69) is 0 Å². The normalized spacial score (nSPS) is 49.3. The smallest absolute Gasteiger partial charge is 0.0773 e. The molecule has 0 heterocycles. The lowest BCUT2D eigenvalue weighted by Gasteiger charge is -1.78. The van der Waals surface area contributed by atoms with Gasteiger partial charge in [0.1, 0.15) is 0 Å². The van der Waals surface area contributed by atoms with Gasteiger partial charge < -0.3 is 10.2 Å². The van der Waals surface area contributed by atoms with Gasteiger partial charge in [0.25, 0.3) is 0 Å². The van der Waals surface area contributed by atoms with Gasteiger partial charge in [0, 0.05) is 12.5 Å². The fourth-order valence-corrected chi connectivity index (χ4v) is 0.855. The van der Waals surface area contributed by atoms with Crippen LogP contribution in [0.25, 0.3) is 0 Å². The Morgan fingerprint density at radius 2 is 2.00 bits per heavy atom. The molecule has 7 heavy (non-hydrogen) atoms. The zero-order chi connectivity index (χ0) is 5.44. The van der Waals surface area contributed by atoms with Gasteiger partial charge in [-0.05, 0) is 0 Å². The van der Waals surface area contributed by atoms with Crippen molar-refractivity contribution >= 4 is 11.6 Å². The molecule has 1 aliphatic rings. The van der Waals surface area contributed by atoms with Gasteiger partial charge >= 0.3 is 0 Å². The Hall–Kier alpha value is 0.210. The number of alkyl halides is 1. The van der Waals surface area contributed by atoms with Crippen LogP contribution in [0.15, 0.2) is 0 Å². The van der Waals surface area contributed by atoms with E-state index in [-0.39, 0.29) is 17.9 Å². The minimum Gasteiger partial charge on any atom is -0.396 e. The predicted octanol–water partition coefficient (Wildman–Crippen LogP) is -0.423. The molecule has 0 unspecified atom stereocenters. The third-order valence-electron chi connectivity index (χ3n) is 1.24. The maximum Gasteiger partial charge on any atom is 0.0773 e. The lowest BCUT2D eigenvalue weighted by Crippen LogP contribution is -1.89. The largest absolute Gasteiger partial charge is 0.396 e. The van der Waals surface area contributed by atoms with E-state index in [1.165, 1.54) is 0 Å². The molecule has 1 aliphatic carbocycles. The molecule has 1 fully saturated rings. The van der Waals surface area contributed by atoms with E-state index >= 15 is 0 Å². The summed E-state index contributed by atoms with van der Waals surface area (Å²) in [7, 11) is 0. The van der Waals surface area contributed by atoms with E-state index in [1.807, 2.05) is 0 Å². The molecule has 0 radical (unpaired) electrons. The van der Waals surface area contributed by atoms with Gasteiger partial charge in [-0.1, -0.05) is 0 Å². The summed E-state index contributed by atoms with van der Waals surface area (Å²) >= 11 is 5.39. The van der Waals surface area contributed by atoms with Crippen molar-refractivity contribution in [3.05, 3.63) is 0 Å². The maximum atomic E-state index is 8.60. The highest BCUT2D eigenvalue weighted by Crippen LogP contribution is 2.35. The third kappa shape index (κ3) is 0.738. The second kappa shape index (κ2) is 1.62. The Bertz CT molecular complexity index is 68.1. The molecule has 0 amide bonds. The molecule has 0 aromatic rings. The number of halogens is 1. The molecule has 1 rings (SSSR count). The van der Waals surface area contributed by atoms with E-state index in [9.17, 15) is 0 Å². The first-order valence-corrected chi connectivity index (χ1v) is 2.64. The zero-order valence-corrected chi connectivity index (χ0v) is 4.47. The van der Waals surface area contributed by atoms with Crippen LogP contribution in [0.3, 0.4) is 0 Å². The highest BCUT2D eigenvalue weighted by molar-refractivity contribution is 6.23. The fraction of sp³-hybridized carbons (Fsp3) is 1.00. The van der Waals surface area contributed by atoms with Gasteiger partial charge in [-0.25, -0.2) is 0 Å². The molecule has 0 aliphatic heterocycles. The molecule has 2 nitrogen and oxygen atoms in total. The molecule has 0 spiro atoms. The minimum absolute atomic E-state index is 0.00926. The Morgan fingerprint density at radius 3 is 2.00 bits per heavy atom. The number of hydrogen-bond donors (Lipinski definition) is 2. The predicted molar refractivity (Wildman–Crippen MR) is 26.2 cm³/mol. The van der Waals surface area contributed by atoms with Crippen molar-refractivity contribution in [3.8, 4) is 0 Å². The van der Waals surface area contributed by atoms with Crippen molar-refractivity contribution in [2.24, 2.45) is 5.92 Å². The molecular formula is C4H7ClO2. The molecule has 3 heteroatoms. The van der Waals surface area contributed by atoms with E-state index in [0.717, 1.165) is 0 Å². The zero-order valence-electron chi connectivity index (χ0n) is 3.71. The second-order valence-electron chi connectivity index (χ2n) is 1.78. The summed E-state index contributed by atoms with van der Waals surface area (Å²) in [5, 5.41) is 16.7. The van der Waals surface area contributed by atoms with Crippen molar-refractivity contribution in [2.45, 2.75) is 11.5 Å². The highest BCUT2D eigenvalue weighted by atomic mass is 35.5. The van der Waals surface area contributed by atoms with Crippen molar-refractivity contribution in [1.82, 2.24) is 0 Å². The van der Waals surface area contributed by atoms with Gasteiger partial charge in [0.05, 0.1) is 11.5 Å². The Kier molecular flexibility index (Phi) is 1.24. The van der Waals surface area contributed by atoms with E-state index in [1.54, 1.807) is 0 Å². The molecule has 0 bridgehead atoms. The standard InChI is InChI=1S/C4H7ClO2/c5-3-2(1-6)4(3)7/h2-4,6-7H,1H2/t2-,3-,4+/m0/s1. The van der Waals surface area contributed by atoms with Gasteiger partial charge in [-0.3, -0.25) is 0 Å². The molecule has 3 atom stereocenters. The Morgan fingerprint density at radius 1 is 1.57 bits per heavy atom. The maximum absolute atomic E-state index is 8.60. The van der Waals surface area contributed by atoms with E-state index in [4.69, 9.17) is 21.8 Å². The summed E-state index contributed by atoms with van der Waals surface area (Å²) in [5.41, 5.74) is 0. The highest BCUT2D eigenvalue weighted by Gasteiger charge is 2.47. The quantitative estimate of drug-likeness (QED) is 0.464. The van der Waals surface area contributed by atoms with Crippen LogP contribution in [0, 0.1) is 5.92 Å². The van der Waals surface area contributed by atoms with Crippen LogP contribution in [0.5, 0.6) is 0 Å². The first kappa shape index (κ1) is 5.35. The van der Waals surface area contributed by atoms with Crippen molar-refractivity contribution < 1.29 is 10.2 Å². The summed E-state index contributed by atoms with van der Waals surface area (Å²) in [4.78, 5) is 0. The van der Waals surface area contributed by atoms with Gasteiger partial charge in [-0.2, -0.15) is 0 Å². The lowest BCUT2D eigenvalue weighted by molar-refractivity contribution is 0.210. The average Bonchev–Trinajstić information content (AvgIpc) is 2.17. The number of rotatable bonds is 1. The fourth-order valence-electron chi connectivity index (χ4n) is 0.524. The number of aliphatic hydroxyl groups is 2. The molecule has 42 valence electrons. The topological polar surface area (TPSA) is 40.5 Å². The molecular weight excluding hydrogens is 115 g/mol. The van der Waals surface area contributed by atoms with Crippen LogP contribution in [-0.2, 0) is 0 Å². The second-order valence-corrected chi connectivity index (χ2v) is 2.29. The van der Waals surface area contributed by atoms with Crippen LogP contribution < -0.4 is 0 Å². The Balaban J connectivity index is 2.24. The summed E-state index contributed by atoms with van der Waals surface area (Å²) < 4.78 is 0. The third-order valence-corrected chi connectivity index (χ3v) is 1.83. The summed E-state index contributed by atoms with van der Waals surface area (Å²) in [6, 6.07) is 0. The van der Waals surface area contributed by atoms with Crippen LogP contribution in [0.2, 0.25) is 0 Å². The van der Waals surface area contributed by atoms with Crippen LogP contribution in [0.4, 0.5) is 0 Å². The lowest BCUT2D eigenvalue weighted by atomic mass is 10.5. The molecule has 0 aromatic carbocycles. The van der Waals surface area contributed by atoms with Crippen molar-refractivity contribution in [1.29, 1.82) is 0 Å². The monoisotopic (exact) mass is 122 g/mol. The molecule has 2 N–H and O–H groups in total.